The van der Waals surface area contributed by atoms with Crippen molar-refractivity contribution < 1.29 is 32.3 Å². The number of halogens is 4. The maximum absolute atomic E-state index is 14.8. The molecule has 6 heterocycles. The first-order valence-electron chi connectivity index (χ1n) is 18.5. The molecule has 9 rings (SSSR count). The zero-order valence-corrected chi connectivity index (χ0v) is 33.0. The van der Waals surface area contributed by atoms with Gasteiger partial charge in [0.05, 0.1) is 26.8 Å². The van der Waals surface area contributed by atoms with Crippen molar-refractivity contribution in [1.82, 2.24) is 4.98 Å². The van der Waals surface area contributed by atoms with Crippen molar-refractivity contribution in [3.63, 3.8) is 0 Å². The fourth-order valence-corrected chi connectivity index (χ4v) is 9.90. The van der Waals surface area contributed by atoms with Gasteiger partial charge in [-0.25, -0.2) is 18.2 Å². The van der Waals surface area contributed by atoms with Crippen LogP contribution in [-0.2, 0) is 11.2 Å². The summed E-state index contributed by atoms with van der Waals surface area (Å²) in [6.07, 6.45) is 4.10. The molecule has 0 aliphatic carbocycles. The fraction of sp³-hybridized carbons (Fsp3) is 0.209. The summed E-state index contributed by atoms with van der Waals surface area (Å²) in [4.78, 5) is 51.6. The van der Waals surface area contributed by atoms with E-state index in [9.17, 15) is 27.6 Å². The third-order valence-electron chi connectivity index (χ3n) is 10.8. The number of nitrogens with zero attached hydrogens (tertiary/aromatic N) is 3. The first-order valence-corrected chi connectivity index (χ1v) is 20.6. The lowest BCUT2D eigenvalue weighted by Gasteiger charge is -2.53. The number of carbonyl (C=O) groups is 3. The number of rotatable bonds is 7. The molecule has 3 aliphatic rings. The quantitative estimate of drug-likeness (QED) is 0.166. The summed E-state index contributed by atoms with van der Waals surface area (Å²) in [5.41, 5.74) is 3.53. The smallest absolute Gasteiger partial charge is 0.265 e. The minimum Gasteiger partial charge on any atom is -0.381 e. The third kappa shape index (κ3) is 7.25. The molecule has 3 aromatic carbocycles. The Morgan fingerprint density at radius 2 is 1.67 bits per heavy atom. The highest BCUT2D eigenvalue weighted by Gasteiger charge is 2.45. The van der Waals surface area contributed by atoms with Gasteiger partial charge in [0.25, 0.3) is 17.7 Å². The van der Waals surface area contributed by atoms with Crippen molar-refractivity contribution in [1.29, 1.82) is 0 Å². The molecule has 0 atom stereocenters. The van der Waals surface area contributed by atoms with Crippen LogP contribution in [0.4, 0.5) is 36.1 Å². The summed E-state index contributed by atoms with van der Waals surface area (Å²) in [5.74, 6) is -3.17. The number of pyridine rings is 1. The number of anilines is 4. The van der Waals surface area contributed by atoms with E-state index in [0.717, 1.165) is 72.6 Å². The SMILES string of the molecule is O=C(Nc1c(F)cc(F)cc1Cl)c1cc2c(s1)-c1ccc(F)cc1N(C(=O)c1ccc(NC(=O)c3cc(-c4cccs4)cnc3N3CC4(CCOCC4)C3)cc1)CC2. The lowest BCUT2D eigenvalue weighted by molar-refractivity contribution is -0.000509. The van der Waals surface area contributed by atoms with E-state index in [1.807, 2.05) is 29.8 Å². The molecule has 294 valence electrons. The standard InChI is InChI=1S/C43H33ClF3N5O4S2/c44-32-18-28(46)19-33(47)37(32)50-41(54)36-17-25-9-12-52(34-20-27(45)5-8-30(34)38(25)58-36)42(55)24-3-6-29(7-4-24)49-40(53)31-16-26(35-2-1-15-57-35)21-48-39(31)51-22-43(23-51)10-13-56-14-11-43/h1-8,15-21H,9-14,22-23H2,(H,49,53)(H,50,54). The van der Waals surface area contributed by atoms with Crippen molar-refractivity contribution in [3.05, 3.63) is 134 Å². The number of hydrogen-bond donors (Lipinski definition) is 2. The monoisotopic (exact) mass is 839 g/mol. The van der Waals surface area contributed by atoms with Gasteiger partial charge >= 0.3 is 0 Å². The molecule has 2 saturated heterocycles. The predicted octanol–water partition coefficient (Wildman–Crippen LogP) is 9.93. The minimum absolute atomic E-state index is 0.165. The molecular weight excluding hydrogens is 807 g/mol. The molecule has 2 N–H and O–H groups in total. The van der Waals surface area contributed by atoms with Gasteiger partial charge in [-0.05, 0) is 96.9 Å². The Balaban J connectivity index is 0.936. The van der Waals surface area contributed by atoms with E-state index in [4.69, 9.17) is 21.3 Å². The van der Waals surface area contributed by atoms with Gasteiger partial charge < -0.3 is 25.2 Å². The third-order valence-corrected chi connectivity index (χ3v) is 13.3. The summed E-state index contributed by atoms with van der Waals surface area (Å²) < 4.78 is 48.4. The Kier molecular flexibility index (Phi) is 10.0. The van der Waals surface area contributed by atoms with Crippen molar-refractivity contribution in [2.45, 2.75) is 19.3 Å². The summed E-state index contributed by atoms with van der Waals surface area (Å²) in [6.45, 7) is 3.26. The van der Waals surface area contributed by atoms with Crippen molar-refractivity contribution in [3.8, 4) is 20.9 Å². The van der Waals surface area contributed by atoms with Gasteiger partial charge in [-0.15, -0.1) is 22.7 Å². The van der Waals surface area contributed by atoms with Crippen LogP contribution in [0.1, 0.15) is 48.8 Å². The minimum atomic E-state index is -1.02. The zero-order valence-electron chi connectivity index (χ0n) is 30.6. The summed E-state index contributed by atoms with van der Waals surface area (Å²) in [5, 5.41) is 7.12. The van der Waals surface area contributed by atoms with E-state index in [1.165, 1.54) is 17.0 Å². The average molecular weight is 840 g/mol. The molecule has 15 heteroatoms. The number of hydrogen-bond acceptors (Lipinski definition) is 8. The highest BCUT2D eigenvalue weighted by molar-refractivity contribution is 7.17. The summed E-state index contributed by atoms with van der Waals surface area (Å²) in [7, 11) is 0. The lowest BCUT2D eigenvalue weighted by Crippen LogP contribution is -2.59. The molecule has 3 aliphatic heterocycles. The van der Waals surface area contributed by atoms with Gasteiger partial charge in [0, 0.05) is 82.7 Å². The first kappa shape index (κ1) is 38.0. The van der Waals surface area contributed by atoms with E-state index in [0.29, 0.717) is 51.2 Å². The van der Waals surface area contributed by atoms with Gasteiger partial charge in [0.1, 0.15) is 17.5 Å². The molecule has 2 fully saturated rings. The second-order valence-electron chi connectivity index (χ2n) is 14.6. The maximum atomic E-state index is 14.8. The molecule has 6 aromatic rings. The Labute approximate surface area is 344 Å². The Hall–Kier alpha value is -5.54. The molecule has 0 unspecified atom stereocenters. The number of carbonyl (C=O) groups excluding carboxylic acids is 3. The van der Waals surface area contributed by atoms with Gasteiger partial charge in [0.15, 0.2) is 5.82 Å². The topological polar surface area (TPSA) is 104 Å². The van der Waals surface area contributed by atoms with Crippen LogP contribution in [0.25, 0.3) is 20.9 Å². The van der Waals surface area contributed by atoms with Crippen LogP contribution in [-0.4, -0.2) is 55.6 Å². The lowest BCUT2D eigenvalue weighted by atomic mass is 9.73. The Bertz CT molecular complexity index is 2560. The van der Waals surface area contributed by atoms with E-state index in [1.54, 1.807) is 47.7 Å². The van der Waals surface area contributed by atoms with E-state index < -0.39 is 23.4 Å². The number of amides is 3. The number of aromatic nitrogens is 1. The van der Waals surface area contributed by atoms with Crippen LogP contribution in [0.2, 0.25) is 5.02 Å². The molecule has 0 saturated carbocycles. The number of benzene rings is 3. The molecule has 0 bridgehead atoms. The first-order chi connectivity index (χ1) is 28.0. The van der Waals surface area contributed by atoms with Gasteiger partial charge in [-0.3, -0.25) is 14.4 Å². The molecule has 9 nitrogen and oxygen atoms in total. The molecule has 3 amide bonds. The maximum Gasteiger partial charge on any atom is 0.265 e. The van der Waals surface area contributed by atoms with Crippen LogP contribution in [0.5, 0.6) is 0 Å². The van der Waals surface area contributed by atoms with Crippen LogP contribution < -0.4 is 20.4 Å². The summed E-state index contributed by atoms with van der Waals surface area (Å²) in [6, 6.07) is 19.7. The van der Waals surface area contributed by atoms with Gasteiger partial charge in [-0.1, -0.05) is 17.7 Å². The predicted molar refractivity (Wildman–Crippen MR) is 221 cm³/mol. The van der Waals surface area contributed by atoms with Gasteiger partial charge in [-0.2, -0.15) is 0 Å². The van der Waals surface area contributed by atoms with Crippen molar-refractivity contribution in [2.75, 3.05) is 53.3 Å². The average Bonchev–Trinajstić information content (AvgIpc) is 3.88. The molecule has 58 heavy (non-hydrogen) atoms. The number of fused-ring (bicyclic) bond motifs is 3. The zero-order chi connectivity index (χ0) is 40.1. The molecule has 0 radical (unpaired) electrons. The van der Waals surface area contributed by atoms with Crippen molar-refractivity contribution in [2.24, 2.45) is 5.41 Å². The largest absolute Gasteiger partial charge is 0.381 e. The normalized spacial score (nSPS) is 15.6. The van der Waals surface area contributed by atoms with Gasteiger partial charge in [0.2, 0.25) is 0 Å². The molecule has 3 aromatic heterocycles. The molecule has 1 spiro atoms. The van der Waals surface area contributed by atoms with E-state index in [-0.39, 0.29) is 39.4 Å². The van der Waals surface area contributed by atoms with Crippen molar-refractivity contribution >= 4 is 74.9 Å². The second kappa shape index (κ2) is 15.3. The number of thiophene rings is 2. The summed E-state index contributed by atoms with van der Waals surface area (Å²) >= 11 is 8.67. The fourth-order valence-electron chi connectivity index (χ4n) is 7.81. The highest BCUT2D eigenvalue weighted by Crippen LogP contribution is 2.44. The van der Waals surface area contributed by atoms with E-state index >= 15 is 0 Å². The Morgan fingerprint density at radius 3 is 2.41 bits per heavy atom. The number of nitrogens with one attached hydrogen (secondary N) is 2. The van der Waals surface area contributed by atoms with Crippen LogP contribution in [0.3, 0.4) is 0 Å². The molecular formula is C43H33ClF3N5O4S2. The highest BCUT2D eigenvalue weighted by atomic mass is 35.5. The second-order valence-corrected chi connectivity index (χ2v) is 17.0. The van der Waals surface area contributed by atoms with Crippen LogP contribution in [0.15, 0.2) is 90.4 Å². The van der Waals surface area contributed by atoms with Crippen LogP contribution >= 0.6 is 34.3 Å². The Morgan fingerprint density at radius 1 is 0.879 bits per heavy atom. The van der Waals surface area contributed by atoms with Crippen LogP contribution in [0, 0.1) is 22.9 Å². The van der Waals surface area contributed by atoms with E-state index in [2.05, 4.69) is 15.5 Å². The number of ether oxygens (including phenoxy) is 1.